The minimum Gasteiger partial charge on any atom is -0.408 e. The predicted octanol–water partition coefficient (Wildman–Crippen LogP) is 3.17. The van der Waals surface area contributed by atoms with Crippen molar-refractivity contribution >= 4 is 38.4 Å². The van der Waals surface area contributed by atoms with Crippen molar-refractivity contribution in [1.29, 1.82) is 0 Å². The number of oxazole rings is 1. The summed E-state index contributed by atoms with van der Waals surface area (Å²) >= 11 is 4.90. The van der Waals surface area contributed by atoms with Gasteiger partial charge in [-0.05, 0) is 25.1 Å². The Balaban J connectivity index is 2.11. The lowest BCUT2D eigenvalue weighted by Crippen LogP contribution is -2.14. The van der Waals surface area contributed by atoms with E-state index in [0.717, 1.165) is 20.7 Å². The van der Waals surface area contributed by atoms with Gasteiger partial charge in [-0.25, -0.2) is 9.78 Å². The number of nitrogens with zero attached hydrogens (tertiary/aromatic N) is 2. The summed E-state index contributed by atoms with van der Waals surface area (Å²) in [4.78, 5) is 16.2. The quantitative estimate of drug-likeness (QED) is 0.727. The van der Waals surface area contributed by atoms with Gasteiger partial charge in [0.15, 0.2) is 5.58 Å². The Morgan fingerprint density at radius 1 is 1.50 bits per heavy atom. The SMILES string of the molecule is Cc1csc(Cn2c(=O)oc3cc(Br)ccc32)n1. The molecule has 0 saturated carbocycles. The van der Waals surface area contributed by atoms with Gasteiger partial charge in [0.2, 0.25) is 0 Å². The highest BCUT2D eigenvalue weighted by molar-refractivity contribution is 9.10. The number of hydrogen-bond acceptors (Lipinski definition) is 4. The Bertz CT molecular complexity index is 772. The van der Waals surface area contributed by atoms with Crippen molar-refractivity contribution in [1.82, 2.24) is 9.55 Å². The molecule has 0 bridgehead atoms. The predicted molar refractivity (Wildman–Crippen MR) is 74.1 cm³/mol. The molecule has 18 heavy (non-hydrogen) atoms. The van der Waals surface area contributed by atoms with Crippen LogP contribution in [0.1, 0.15) is 10.7 Å². The molecule has 1 aromatic carbocycles. The van der Waals surface area contributed by atoms with Crippen LogP contribution in [0.3, 0.4) is 0 Å². The molecule has 6 heteroatoms. The van der Waals surface area contributed by atoms with E-state index in [2.05, 4.69) is 20.9 Å². The van der Waals surface area contributed by atoms with E-state index >= 15 is 0 Å². The molecule has 3 rings (SSSR count). The molecule has 3 aromatic rings. The maximum absolute atomic E-state index is 11.8. The lowest BCUT2D eigenvalue weighted by molar-refractivity contribution is 0.517. The third-order valence-corrected chi connectivity index (χ3v) is 4.03. The van der Waals surface area contributed by atoms with Gasteiger partial charge in [-0.15, -0.1) is 11.3 Å². The second kappa shape index (κ2) is 4.37. The van der Waals surface area contributed by atoms with Crippen molar-refractivity contribution in [3.63, 3.8) is 0 Å². The summed E-state index contributed by atoms with van der Waals surface area (Å²) in [5.41, 5.74) is 2.34. The number of hydrogen-bond donors (Lipinski definition) is 0. The third kappa shape index (κ3) is 2.02. The number of aromatic nitrogens is 2. The zero-order chi connectivity index (χ0) is 12.7. The summed E-state index contributed by atoms with van der Waals surface area (Å²) in [6.07, 6.45) is 0. The van der Waals surface area contributed by atoms with Crippen molar-refractivity contribution in [2.45, 2.75) is 13.5 Å². The van der Waals surface area contributed by atoms with E-state index in [1.807, 2.05) is 24.4 Å². The van der Waals surface area contributed by atoms with E-state index in [-0.39, 0.29) is 5.76 Å². The maximum Gasteiger partial charge on any atom is 0.420 e. The van der Waals surface area contributed by atoms with Crippen LogP contribution in [0, 0.1) is 6.92 Å². The molecule has 0 N–H and O–H groups in total. The summed E-state index contributed by atoms with van der Waals surface area (Å²) in [7, 11) is 0. The van der Waals surface area contributed by atoms with E-state index in [1.54, 1.807) is 22.0 Å². The summed E-state index contributed by atoms with van der Waals surface area (Å²) < 4.78 is 7.70. The van der Waals surface area contributed by atoms with Crippen LogP contribution in [0.4, 0.5) is 0 Å². The molecule has 0 atom stereocenters. The van der Waals surface area contributed by atoms with E-state index in [1.165, 1.54) is 0 Å². The summed E-state index contributed by atoms with van der Waals surface area (Å²) in [6.45, 7) is 2.39. The van der Waals surface area contributed by atoms with Gasteiger partial charge in [0.05, 0.1) is 12.1 Å². The molecule has 0 fully saturated rings. The van der Waals surface area contributed by atoms with Crippen molar-refractivity contribution in [2.24, 2.45) is 0 Å². The van der Waals surface area contributed by atoms with E-state index in [0.29, 0.717) is 12.1 Å². The zero-order valence-electron chi connectivity index (χ0n) is 9.51. The molecule has 0 aliphatic heterocycles. The molecular weight excluding hydrogens is 316 g/mol. The van der Waals surface area contributed by atoms with Crippen molar-refractivity contribution < 1.29 is 4.42 Å². The lowest BCUT2D eigenvalue weighted by atomic mass is 10.3. The second-order valence-corrected chi connectivity index (χ2v) is 5.81. The highest BCUT2D eigenvalue weighted by atomic mass is 79.9. The Morgan fingerprint density at radius 3 is 3.06 bits per heavy atom. The minimum atomic E-state index is -0.351. The van der Waals surface area contributed by atoms with E-state index in [9.17, 15) is 4.79 Å². The van der Waals surface area contributed by atoms with Crippen LogP contribution in [0.25, 0.3) is 11.1 Å². The number of fused-ring (bicyclic) bond motifs is 1. The monoisotopic (exact) mass is 324 g/mol. The van der Waals surface area contributed by atoms with Crippen LogP contribution >= 0.6 is 27.3 Å². The van der Waals surface area contributed by atoms with Gasteiger partial charge in [-0.2, -0.15) is 0 Å². The van der Waals surface area contributed by atoms with Crippen LogP contribution in [-0.2, 0) is 6.54 Å². The Kier molecular flexibility index (Phi) is 2.83. The summed E-state index contributed by atoms with van der Waals surface area (Å²) in [5, 5.41) is 2.87. The Morgan fingerprint density at radius 2 is 2.33 bits per heavy atom. The Hall–Kier alpha value is -1.40. The minimum absolute atomic E-state index is 0.351. The zero-order valence-corrected chi connectivity index (χ0v) is 11.9. The summed E-state index contributed by atoms with van der Waals surface area (Å²) in [5.74, 6) is -0.351. The van der Waals surface area contributed by atoms with E-state index in [4.69, 9.17) is 4.42 Å². The smallest absolute Gasteiger partial charge is 0.408 e. The topological polar surface area (TPSA) is 48.0 Å². The average Bonchev–Trinajstić information content (AvgIpc) is 2.84. The van der Waals surface area contributed by atoms with Crippen molar-refractivity contribution in [3.8, 4) is 0 Å². The number of aryl methyl sites for hydroxylation is 1. The van der Waals surface area contributed by atoms with Gasteiger partial charge >= 0.3 is 5.76 Å². The number of halogens is 1. The van der Waals surface area contributed by atoms with Gasteiger partial charge < -0.3 is 4.42 Å². The second-order valence-electron chi connectivity index (χ2n) is 3.95. The maximum atomic E-state index is 11.8. The number of thiazole rings is 1. The van der Waals surface area contributed by atoms with Gasteiger partial charge in [0.1, 0.15) is 5.01 Å². The average molecular weight is 325 g/mol. The first-order valence-electron chi connectivity index (χ1n) is 5.33. The van der Waals surface area contributed by atoms with Gasteiger partial charge in [-0.3, -0.25) is 4.57 Å². The van der Waals surface area contributed by atoms with Crippen molar-refractivity contribution in [2.75, 3.05) is 0 Å². The molecule has 0 unspecified atom stereocenters. The van der Waals surface area contributed by atoms with Crippen molar-refractivity contribution in [3.05, 3.63) is 49.3 Å². The van der Waals surface area contributed by atoms with Gasteiger partial charge in [0, 0.05) is 15.5 Å². The molecule has 92 valence electrons. The molecule has 4 nitrogen and oxygen atoms in total. The van der Waals surface area contributed by atoms with Gasteiger partial charge in [-0.1, -0.05) is 15.9 Å². The van der Waals surface area contributed by atoms with Crippen LogP contribution in [0.2, 0.25) is 0 Å². The molecule has 0 aliphatic rings. The fourth-order valence-corrected chi connectivity index (χ4v) is 2.90. The lowest BCUT2D eigenvalue weighted by Gasteiger charge is -1.98. The first kappa shape index (κ1) is 11.7. The molecule has 0 radical (unpaired) electrons. The normalized spacial score (nSPS) is 11.2. The first-order chi connectivity index (χ1) is 8.63. The molecule has 2 heterocycles. The summed E-state index contributed by atoms with van der Waals surface area (Å²) in [6, 6.07) is 5.55. The van der Waals surface area contributed by atoms with Gasteiger partial charge in [0.25, 0.3) is 0 Å². The number of rotatable bonds is 2. The Labute approximate surface area is 115 Å². The first-order valence-corrected chi connectivity index (χ1v) is 7.00. The molecule has 0 aliphatic carbocycles. The fourth-order valence-electron chi connectivity index (χ4n) is 1.80. The van der Waals surface area contributed by atoms with E-state index < -0.39 is 0 Å². The largest absolute Gasteiger partial charge is 0.420 e. The standard InChI is InChI=1S/C12H9BrN2O2S/c1-7-6-18-11(14-7)5-15-9-3-2-8(13)4-10(9)17-12(15)16/h2-4,6H,5H2,1H3. The fraction of sp³-hybridized carbons (Fsp3) is 0.167. The molecular formula is C12H9BrN2O2S. The molecule has 0 saturated heterocycles. The van der Waals surface area contributed by atoms with Crippen LogP contribution in [0.15, 0.2) is 37.3 Å². The van der Waals surface area contributed by atoms with Crippen LogP contribution < -0.4 is 5.76 Å². The molecule has 2 aromatic heterocycles. The third-order valence-electron chi connectivity index (χ3n) is 2.59. The number of benzene rings is 1. The van der Waals surface area contributed by atoms with Crippen LogP contribution in [-0.4, -0.2) is 9.55 Å². The molecule has 0 spiro atoms. The highest BCUT2D eigenvalue weighted by Crippen LogP contribution is 2.20. The highest BCUT2D eigenvalue weighted by Gasteiger charge is 2.11. The van der Waals surface area contributed by atoms with Crippen LogP contribution in [0.5, 0.6) is 0 Å². The molecule has 0 amide bonds.